The molecule has 0 amide bonds. The first-order chi connectivity index (χ1) is 5.20. The molecule has 7 heteroatoms. The predicted molar refractivity (Wildman–Crippen MR) is 36.0 cm³/mol. The number of hydrogen-bond donors (Lipinski definition) is 2. The first-order valence-electron chi connectivity index (χ1n) is 2.81. The molecule has 6 nitrogen and oxygen atoms in total. The van der Waals surface area contributed by atoms with Crippen LogP contribution in [0.4, 0.5) is 0 Å². The number of nitrogens with two attached hydrogens (primary N) is 2. The van der Waals surface area contributed by atoms with E-state index in [9.17, 15) is 9.59 Å². The maximum Gasteiger partial charge on any atom is 0.885 e. The number of carbonyl (C=O) groups excluding carboxylic acids is 2. The SMILES string of the molecule is NCC(=O)[O][Al][O]C(=O)CN. The molecule has 0 aliphatic rings. The van der Waals surface area contributed by atoms with E-state index in [4.69, 9.17) is 11.5 Å². The van der Waals surface area contributed by atoms with Gasteiger partial charge in [-0.25, -0.2) is 0 Å². The molecule has 0 aromatic carbocycles. The van der Waals surface area contributed by atoms with Crippen LogP contribution in [0.5, 0.6) is 0 Å². The molecule has 0 saturated carbocycles. The highest BCUT2D eigenvalue weighted by atomic mass is 27.2. The Hall–Kier alpha value is -0.608. The van der Waals surface area contributed by atoms with Crippen LogP contribution in [0.1, 0.15) is 0 Å². The lowest BCUT2D eigenvalue weighted by molar-refractivity contribution is -0.137. The van der Waals surface area contributed by atoms with Crippen LogP contribution < -0.4 is 11.5 Å². The zero-order valence-corrected chi connectivity index (χ0v) is 6.93. The minimum absolute atomic E-state index is 0.215. The molecular weight excluding hydrogens is 167 g/mol. The van der Waals surface area contributed by atoms with Crippen LogP contribution in [0.3, 0.4) is 0 Å². The minimum Gasteiger partial charge on any atom is -0.588 e. The van der Waals surface area contributed by atoms with Crippen LogP contribution in [0.2, 0.25) is 0 Å². The van der Waals surface area contributed by atoms with E-state index in [1.54, 1.807) is 0 Å². The van der Waals surface area contributed by atoms with Crippen molar-refractivity contribution < 1.29 is 17.2 Å². The molecule has 0 spiro atoms. The van der Waals surface area contributed by atoms with Gasteiger partial charge in [0.2, 0.25) is 0 Å². The van der Waals surface area contributed by atoms with Crippen LogP contribution >= 0.6 is 0 Å². The van der Waals surface area contributed by atoms with Crippen LogP contribution in [0.15, 0.2) is 0 Å². The molecule has 0 aromatic heterocycles. The minimum atomic E-state index is -1.11. The summed E-state index contributed by atoms with van der Waals surface area (Å²) >= 11 is -1.11. The molecule has 0 bridgehead atoms. The van der Waals surface area contributed by atoms with Crippen molar-refractivity contribution in [2.24, 2.45) is 11.5 Å². The summed E-state index contributed by atoms with van der Waals surface area (Å²) in [6.07, 6.45) is 0. The standard InChI is InChI=1S/2C2H5NO2.Al/c2*3-1-2(4)5;/h2*1,3H2,(H,4,5);/q;;+2/p-2. The van der Waals surface area contributed by atoms with Gasteiger partial charge in [-0.05, 0) is 0 Å². The smallest absolute Gasteiger partial charge is 0.588 e. The second-order valence-corrected chi connectivity index (χ2v) is 2.15. The van der Waals surface area contributed by atoms with Gasteiger partial charge in [-0.3, -0.25) is 9.59 Å². The van der Waals surface area contributed by atoms with E-state index in [-0.39, 0.29) is 13.1 Å². The van der Waals surface area contributed by atoms with E-state index in [1.807, 2.05) is 0 Å². The lowest BCUT2D eigenvalue weighted by Gasteiger charge is -2.01. The van der Waals surface area contributed by atoms with Gasteiger partial charge < -0.3 is 19.0 Å². The van der Waals surface area contributed by atoms with E-state index in [0.29, 0.717) is 0 Å². The number of rotatable bonds is 4. The maximum absolute atomic E-state index is 10.3. The lowest BCUT2D eigenvalue weighted by Crippen LogP contribution is -2.24. The fraction of sp³-hybridized carbons (Fsp3) is 0.500. The third kappa shape index (κ3) is 5.82. The van der Waals surface area contributed by atoms with Gasteiger partial charge in [0, 0.05) is 0 Å². The van der Waals surface area contributed by atoms with Gasteiger partial charge in [-0.1, -0.05) is 0 Å². The van der Waals surface area contributed by atoms with Gasteiger partial charge in [0.15, 0.2) is 0 Å². The third-order valence-corrected chi connectivity index (χ3v) is 1.41. The monoisotopic (exact) mass is 175 g/mol. The van der Waals surface area contributed by atoms with Crippen molar-refractivity contribution in [3.8, 4) is 0 Å². The summed E-state index contributed by atoms with van der Waals surface area (Å²) in [5, 5.41) is 0. The highest BCUT2D eigenvalue weighted by molar-refractivity contribution is 6.26. The highest BCUT2D eigenvalue weighted by Crippen LogP contribution is 1.76. The van der Waals surface area contributed by atoms with Gasteiger partial charge in [0.05, 0.1) is 13.1 Å². The van der Waals surface area contributed by atoms with Crippen molar-refractivity contribution >= 4 is 27.8 Å². The van der Waals surface area contributed by atoms with Crippen LogP contribution in [-0.4, -0.2) is 40.9 Å². The Morgan fingerprint density at radius 2 is 1.45 bits per heavy atom. The molecule has 0 aliphatic heterocycles. The molecule has 0 aliphatic carbocycles. The Morgan fingerprint density at radius 1 is 1.09 bits per heavy atom. The van der Waals surface area contributed by atoms with Crippen molar-refractivity contribution in [3.63, 3.8) is 0 Å². The Morgan fingerprint density at radius 3 is 1.73 bits per heavy atom. The molecular formula is C4H8AlN2O4. The summed E-state index contributed by atoms with van der Waals surface area (Å²) in [6, 6.07) is 0. The van der Waals surface area contributed by atoms with E-state index in [1.165, 1.54) is 0 Å². The average molecular weight is 175 g/mol. The molecule has 0 saturated heterocycles. The summed E-state index contributed by atoms with van der Waals surface area (Å²) in [5.74, 6) is -1.19. The Labute approximate surface area is 70.2 Å². The fourth-order valence-electron chi connectivity index (χ4n) is 0.228. The van der Waals surface area contributed by atoms with Crippen molar-refractivity contribution in [2.75, 3.05) is 13.1 Å². The summed E-state index contributed by atoms with van der Waals surface area (Å²) in [5.41, 5.74) is 9.79. The molecule has 0 heterocycles. The largest absolute Gasteiger partial charge is 0.885 e. The van der Waals surface area contributed by atoms with Crippen LogP contribution in [0.25, 0.3) is 0 Å². The molecule has 61 valence electrons. The Balaban J connectivity index is 3.27. The van der Waals surface area contributed by atoms with Gasteiger partial charge in [-0.2, -0.15) is 0 Å². The second kappa shape index (κ2) is 6.13. The summed E-state index contributed by atoms with van der Waals surface area (Å²) in [6.45, 7) is -0.430. The molecule has 0 atom stereocenters. The van der Waals surface area contributed by atoms with Crippen molar-refractivity contribution in [1.82, 2.24) is 0 Å². The topological polar surface area (TPSA) is 105 Å². The lowest BCUT2D eigenvalue weighted by atomic mass is 10.7. The molecule has 1 radical (unpaired) electrons. The van der Waals surface area contributed by atoms with Crippen molar-refractivity contribution in [1.29, 1.82) is 0 Å². The van der Waals surface area contributed by atoms with Gasteiger partial charge >= 0.3 is 15.9 Å². The average Bonchev–Trinajstić information content (AvgIpc) is 2.04. The summed E-state index contributed by atoms with van der Waals surface area (Å²) < 4.78 is 8.77. The van der Waals surface area contributed by atoms with Crippen molar-refractivity contribution in [2.45, 2.75) is 0 Å². The van der Waals surface area contributed by atoms with Crippen molar-refractivity contribution in [3.05, 3.63) is 0 Å². The molecule has 0 unspecified atom stereocenters. The molecule has 4 N–H and O–H groups in total. The highest BCUT2D eigenvalue weighted by Gasteiger charge is 2.10. The van der Waals surface area contributed by atoms with Crippen LogP contribution in [-0.2, 0) is 17.2 Å². The van der Waals surface area contributed by atoms with E-state index in [0.717, 1.165) is 0 Å². The quantitative estimate of drug-likeness (QED) is 0.458. The van der Waals surface area contributed by atoms with E-state index >= 15 is 0 Å². The van der Waals surface area contributed by atoms with Gasteiger partial charge in [0.25, 0.3) is 11.9 Å². The Bertz CT molecular complexity index is 135. The first-order valence-corrected chi connectivity index (χ1v) is 3.75. The Kier molecular flexibility index (Phi) is 5.79. The normalized spacial score (nSPS) is 8.55. The number of hydrogen-bond acceptors (Lipinski definition) is 6. The summed E-state index contributed by atoms with van der Waals surface area (Å²) in [7, 11) is 0. The molecule has 11 heavy (non-hydrogen) atoms. The number of carbonyl (C=O) groups is 2. The van der Waals surface area contributed by atoms with Crippen LogP contribution in [0, 0.1) is 0 Å². The first kappa shape index (κ1) is 10.4. The third-order valence-electron chi connectivity index (χ3n) is 0.692. The molecule has 0 rings (SSSR count). The molecule has 0 fully saturated rings. The molecule has 0 aromatic rings. The van der Waals surface area contributed by atoms with E-state index < -0.39 is 27.8 Å². The fourth-order valence-corrected chi connectivity index (χ4v) is 0.683. The van der Waals surface area contributed by atoms with Gasteiger partial charge in [-0.15, -0.1) is 0 Å². The maximum atomic E-state index is 10.3. The zero-order chi connectivity index (χ0) is 8.69. The van der Waals surface area contributed by atoms with Gasteiger partial charge in [0.1, 0.15) is 0 Å². The predicted octanol–water partition coefficient (Wildman–Crippen LogP) is -2.48. The second-order valence-electron chi connectivity index (χ2n) is 1.48. The van der Waals surface area contributed by atoms with E-state index in [2.05, 4.69) is 7.58 Å². The zero-order valence-electron chi connectivity index (χ0n) is 5.78. The summed E-state index contributed by atoms with van der Waals surface area (Å²) in [4.78, 5) is 20.7.